The van der Waals surface area contributed by atoms with Crippen LogP contribution >= 0.6 is 11.6 Å². The highest BCUT2D eigenvalue weighted by atomic mass is 35.5. The number of aromatic nitrogens is 3. The lowest BCUT2D eigenvalue weighted by atomic mass is 10.1. The fourth-order valence-corrected chi connectivity index (χ4v) is 2.13. The van der Waals surface area contributed by atoms with Crippen LogP contribution in [0.25, 0.3) is 0 Å². The molecule has 2 heterocycles. The molecule has 19 heavy (non-hydrogen) atoms. The monoisotopic (exact) mass is 277 g/mol. The van der Waals surface area contributed by atoms with Crippen LogP contribution in [0.3, 0.4) is 0 Å². The van der Waals surface area contributed by atoms with Crippen molar-refractivity contribution in [2.45, 2.75) is 32.7 Å². The van der Waals surface area contributed by atoms with Gasteiger partial charge in [-0.25, -0.2) is 4.98 Å². The molecular formula is C14H16ClN3O. The van der Waals surface area contributed by atoms with Crippen molar-refractivity contribution >= 4 is 11.6 Å². The van der Waals surface area contributed by atoms with E-state index in [4.69, 9.17) is 11.6 Å². The first-order chi connectivity index (χ1) is 9.08. The van der Waals surface area contributed by atoms with Crippen LogP contribution in [0.5, 0.6) is 0 Å². The Labute approximate surface area is 117 Å². The van der Waals surface area contributed by atoms with Gasteiger partial charge in [0.2, 0.25) is 0 Å². The van der Waals surface area contributed by atoms with Gasteiger partial charge in [0.25, 0.3) is 5.56 Å². The minimum atomic E-state index is -0.104. The maximum atomic E-state index is 12.0. The van der Waals surface area contributed by atoms with Crippen molar-refractivity contribution in [3.05, 3.63) is 57.5 Å². The number of halogens is 1. The van der Waals surface area contributed by atoms with Gasteiger partial charge in [0.1, 0.15) is 11.0 Å². The number of hydrogen-bond acceptors (Lipinski definition) is 3. The van der Waals surface area contributed by atoms with Gasteiger partial charge >= 0.3 is 0 Å². The minimum Gasteiger partial charge on any atom is -0.296 e. The summed E-state index contributed by atoms with van der Waals surface area (Å²) in [6, 6.07) is 5.24. The van der Waals surface area contributed by atoms with Gasteiger partial charge in [-0.15, -0.1) is 0 Å². The lowest BCUT2D eigenvalue weighted by Gasteiger charge is -2.14. The second-order valence-electron chi connectivity index (χ2n) is 4.69. The molecular weight excluding hydrogens is 262 g/mol. The molecule has 100 valence electrons. The van der Waals surface area contributed by atoms with Gasteiger partial charge in [-0.1, -0.05) is 31.5 Å². The summed E-state index contributed by atoms with van der Waals surface area (Å²) in [7, 11) is 0. The molecule has 0 aliphatic rings. The molecule has 0 aliphatic carbocycles. The second kappa shape index (κ2) is 5.97. The lowest BCUT2D eigenvalue weighted by Crippen LogP contribution is -2.26. The molecule has 0 bridgehead atoms. The molecule has 0 aliphatic heterocycles. The summed E-state index contributed by atoms with van der Waals surface area (Å²) in [5, 5.41) is 0.256. The summed E-state index contributed by atoms with van der Waals surface area (Å²) in [4.78, 5) is 20.3. The van der Waals surface area contributed by atoms with Crippen LogP contribution in [0.1, 0.15) is 31.2 Å². The van der Waals surface area contributed by atoms with Crippen molar-refractivity contribution in [2.24, 2.45) is 0 Å². The average molecular weight is 278 g/mol. The van der Waals surface area contributed by atoms with Crippen LogP contribution in [0.2, 0.25) is 5.15 Å². The summed E-state index contributed by atoms with van der Waals surface area (Å²) >= 11 is 5.85. The highest BCUT2D eigenvalue weighted by Gasteiger charge is 2.11. The van der Waals surface area contributed by atoms with E-state index in [2.05, 4.69) is 9.97 Å². The zero-order valence-electron chi connectivity index (χ0n) is 11.0. The predicted molar refractivity (Wildman–Crippen MR) is 75.5 cm³/mol. The summed E-state index contributed by atoms with van der Waals surface area (Å²) in [5.41, 5.74) is 0.992. The Hall–Kier alpha value is -1.68. The first-order valence-electron chi connectivity index (χ1n) is 6.24. The summed E-state index contributed by atoms with van der Waals surface area (Å²) in [6.45, 7) is 4.58. The number of aryl methyl sites for hydroxylation is 1. The number of pyridine rings is 1. The molecule has 0 amide bonds. The van der Waals surface area contributed by atoms with Crippen LogP contribution in [0, 0.1) is 0 Å². The standard InChI is InChI=1S/C14H16ClN3O/c1-10(2)14-17-12(15)8-13(19)18(14)7-5-11-4-3-6-16-9-11/h3-4,6,8-10H,5,7H2,1-2H3. The van der Waals surface area contributed by atoms with Crippen molar-refractivity contribution in [3.63, 3.8) is 0 Å². The number of rotatable bonds is 4. The highest BCUT2D eigenvalue weighted by Crippen LogP contribution is 2.13. The molecule has 2 aromatic rings. The highest BCUT2D eigenvalue weighted by molar-refractivity contribution is 6.29. The Balaban J connectivity index is 2.27. The van der Waals surface area contributed by atoms with Gasteiger partial charge < -0.3 is 0 Å². The van der Waals surface area contributed by atoms with Gasteiger partial charge in [-0.3, -0.25) is 14.3 Å². The van der Waals surface area contributed by atoms with Crippen LogP contribution in [0.15, 0.2) is 35.4 Å². The molecule has 2 aromatic heterocycles. The Morgan fingerprint density at radius 3 is 2.84 bits per heavy atom. The predicted octanol–water partition coefficient (Wildman–Crippen LogP) is 2.66. The SMILES string of the molecule is CC(C)c1nc(Cl)cc(=O)n1CCc1cccnc1. The van der Waals surface area contributed by atoms with E-state index in [0.717, 1.165) is 17.8 Å². The zero-order chi connectivity index (χ0) is 13.8. The average Bonchev–Trinajstić information content (AvgIpc) is 2.38. The smallest absolute Gasteiger partial charge is 0.254 e. The molecule has 0 fully saturated rings. The molecule has 2 rings (SSSR count). The van der Waals surface area contributed by atoms with Gasteiger partial charge in [-0.2, -0.15) is 0 Å². The molecule has 0 radical (unpaired) electrons. The molecule has 0 saturated heterocycles. The topological polar surface area (TPSA) is 47.8 Å². The molecule has 0 saturated carbocycles. The lowest BCUT2D eigenvalue weighted by molar-refractivity contribution is 0.580. The summed E-state index contributed by atoms with van der Waals surface area (Å²) in [6.07, 6.45) is 4.29. The maximum absolute atomic E-state index is 12.0. The molecule has 5 heteroatoms. The molecule has 0 unspecified atom stereocenters. The maximum Gasteiger partial charge on any atom is 0.254 e. The Kier molecular flexibility index (Phi) is 4.32. The van der Waals surface area contributed by atoms with Gasteiger partial charge in [-0.05, 0) is 18.1 Å². The van der Waals surface area contributed by atoms with Crippen molar-refractivity contribution in [2.75, 3.05) is 0 Å². The molecule has 0 spiro atoms. The van der Waals surface area contributed by atoms with Crippen LogP contribution in [0.4, 0.5) is 0 Å². The number of nitrogens with zero attached hydrogens (tertiary/aromatic N) is 3. The molecule has 0 atom stereocenters. The van der Waals surface area contributed by atoms with E-state index < -0.39 is 0 Å². The second-order valence-corrected chi connectivity index (χ2v) is 5.08. The summed E-state index contributed by atoms with van der Waals surface area (Å²) in [5.74, 6) is 0.877. The molecule has 4 nitrogen and oxygen atoms in total. The Bertz CT molecular complexity index is 608. The van der Waals surface area contributed by atoms with E-state index in [0.29, 0.717) is 6.54 Å². The van der Waals surface area contributed by atoms with E-state index in [1.54, 1.807) is 10.8 Å². The van der Waals surface area contributed by atoms with Crippen molar-refractivity contribution < 1.29 is 0 Å². The van der Waals surface area contributed by atoms with Crippen LogP contribution in [-0.2, 0) is 13.0 Å². The molecule has 0 N–H and O–H groups in total. The van der Waals surface area contributed by atoms with Crippen LogP contribution in [-0.4, -0.2) is 14.5 Å². The van der Waals surface area contributed by atoms with E-state index in [1.807, 2.05) is 32.2 Å². The van der Waals surface area contributed by atoms with Crippen molar-refractivity contribution in [1.82, 2.24) is 14.5 Å². The van der Waals surface area contributed by atoms with E-state index in [-0.39, 0.29) is 16.6 Å². The van der Waals surface area contributed by atoms with Gasteiger partial charge in [0.15, 0.2) is 0 Å². The van der Waals surface area contributed by atoms with Crippen molar-refractivity contribution in [1.29, 1.82) is 0 Å². The zero-order valence-corrected chi connectivity index (χ0v) is 11.8. The Morgan fingerprint density at radius 1 is 1.42 bits per heavy atom. The van der Waals surface area contributed by atoms with Crippen LogP contribution < -0.4 is 5.56 Å². The largest absolute Gasteiger partial charge is 0.296 e. The third kappa shape index (κ3) is 3.41. The van der Waals surface area contributed by atoms with E-state index >= 15 is 0 Å². The van der Waals surface area contributed by atoms with E-state index in [9.17, 15) is 4.79 Å². The third-order valence-corrected chi connectivity index (χ3v) is 3.06. The normalized spacial score (nSPS) is 10.9. The number of hydrogen-bond donors (Lipinski definition) is 0. The third-order valence-electron chi connectivity index (χ3n) is 2.87. The Morgan fingerprint density at radius 2 is 2.21 bits per heavy atom. The van der Waals surface area contributed by atoms with Crippen molar-refractivity contribution in [3.8, 4) is 0 Å². The van der Waals surface area contributed by atoms with Gasteiger partial charge in [0, 0.05) is 30.9 Å². The van der Waals surface area contributed by atoms with Gasteiger partial charge in [0.05, 0.1) is 0 Å². The minimum absolute atomic E-state index is 0.104. The first-order valence-corrected chi connectivity index (χ1v) is 6.62. The fourth-order valence-electron chi connectivity index (χ4n) is 1.95. The summed E-state index contributed by atoms with van der Waals surface area (Å²) < 4.78 is 1.68. The van der Waals surface area contributed by atoms with E-state index in [1.165, 1.54) is 6.07 Å². The fraction of sp³-hybridized carbons (Fsp3) is 0.357. The quantitative estimate of drug-likeness (QED) is 0.807. The molecule has 0 aromatic carbocycles. The first kappa shape index (κ1) is 13.7.